The summed E-state index contributed by atoms with van der Waals surface area (Å²) in [7, 11) is 0. The highest BCUT2D eigenvalue weighted by Gasteiger charge is 2.47. The van der Waals surface area contributed by atoms with Gasteiger partial charge in [0.1, 0.15) is 29.0 Å². The number of fused-ring (bicyclic) bond motifs is 3. The molecule has 37 heavy (non-hydrogen) atoms. The van der Waals surface area contributed by atoms with Crippen LogP contribution in [0, 0.1) is 5.92 Å². The van der Waals surface area contributed by atoms with Crippen LogP contribution in [0.5, 0.6) is 5.75 Å². The fraction of sp³-hybridized carbons (Fsp3) is 0.481. The third-order valence-corrected chi connectivity index (χ3v) is 7.31. The van der Waals surface area contributed by atoms with Crippen molar-refractivity contribution in [2.45, 2.75) is 57.7 Å². The third kappa shape index (κ3) is 5.09. The number of halogens is 1. The molecule has 2 saturated heterocycles. The molecule has 2 aliphatic heterocycles. The number of hydrogen-bond donors (Lipinski definition) is 1. The highest BCUT2D eigenvalue weighted by molar-refractivity contribution is 6.32. The molecule has 2 aromatic heterocycles. The van der Waals surface area contributed by atoms with E-state index in [4.69, 9.17) is 26.1 Å². The normalized spacial score (nSPS) is 21.0. The summed E-state index contributed by atoms with van der Waals surface area (Å²) in [6, 6.07) is 9.89. The molecule has 3 fully saturated rings. The Morgan fingerprint density at radius 1 is 1.14 bits per heavy atom. The Balaban J connectivity index is 1.21. The van der Waals surface area contributed by atoms with E-state index in [9.17, 15) is 4.79 Å². The summed E-state index contributed by atoms with van der Waals surface area (Å²) in [5.74, 6) is 2.76. The Kier molecular flexibility index (Phi) is 5.98. The van der Waals surface area contributed by atoms with Crippen LogP contribution in [0.4, 0.5) is 22.1 Å². The SMILES string of the molecule is CC(C)(C)OC(=O)N1C[C@@H]2C[C@H]1CN2c1ccc2ncnc(Nc3ccc(Cl)c(OCC4CC4)c3)c2n1. The van der Waals surface area contributed by atoms with Crippen LogP contribution in [0.15, 0.2) is 36.7 Å². The second-order valence-electron chi connectivity index (χ2n) is 11.1. The van der Waals surface area contributed by atoms with Crippen molar-refractivity contribution in [1.29, 1.82) is 0 Å². The van der Waals surface area contributed by atoms with Gasteiger partial charge in [-0.3, -0.25) is 0 Å². The van der Waals surface area contributed by atoms with Crippen LogP contribution in [0.1, 0.15) is 40.0 Å². The fourth-order valence-electron chi connectivity index (χ4n) is 4.99. The summed E-state index contributed by atoms with van der Waals surface area (Å²) in [6.45, 7) is 7.72. The lowest BCUT2D eigenvalue weighted by atomic mass is 10.2. The van der Waals surface area contributed by atoms with Gasteiger partial charge >= 0.3 is 6.09 Å². The first-order valence-corrected chi connectivity index (χ1v) is 13.2. The molecular weight excluding hydrogens is 492 g/mol. The quantitative estimate of drug-likeness (QED) is 0.459. The van der Waals surface area contributed by atoms with Crippen LogP contribution >= 0.6 is 11.6 Å². The number of rotatable bonds is 6. The fourth-order valence-corrected chi connectivity index (χ4v) is 5.17. The van der Waals surface area contributed by atoms with Crippen molar-refractivity contribution in [2.75, 3.05) is 29.9 Å². The molecule has 0 radical (unpaired) electrons. The van der Waals surface area contributed by atoms with Gasteiger partial charge in [-0.25, -0.2) is 19.7 Å². The number of anilines is 3. The predicted molar refractivity (Wildman–Crippen MR) is 143 cm³/mol. The molecule has 3 aromatic rings. The average molecular weight is 523 g/mol. The minimum atomic E-state index is -0.504. The van der Waals surface area contributed by atoms with Crippen molar-refractivity contribution in [2.24, 2.45) is 5.92 Å². The van der Waals surface area contributed by atoms with E-state index in [1.165, 1.54) is 19.2 Å². The Labute approximate surface area is 221 Å². The van der Waals surface area contributed by atoms with E-state index in [2.05, 4.69) is 20.2 Å². The minimum Gasteiger partial charge on any atom is -0.492 e. The van der Waals surface area contributed by atoms with Crippen LogP contribution in [-0.4, -0.2) is 63.3 Å². The summed E-state index contributed by atoms with van der Waals surface area (Å²) < 4.78 is 11.5. The number of benzene rings is 1. The molecule has 1 aliphatic carbocycles. The molecule has 4 heterocycles. The molecule has 10 heteroatoms. The topological polar surface area (TPSA) is 92.7 Å². The second kappa shape index (κ2) is 9.20. The van der Waals surface area contributed by atoms with Crippen LogP contribution in [-0.2, 0) is 4.74 Å². The molecule has 0 spiro atoms. The maximum atomic E-state index is 12.6. The van der Waals surface area contributed by atoms with Gasteiger partial charge in [-0.15, -0.1) is 0 Å². The number of likely N-dealkylation sites (tertiary alicyclic amines) is 1. The van der Waals surface area contributed by atoms with Crippen molar-refractivity contribution in [3.05, 3.63) is 41.7 Å². The Morgan fingerprint density at radius 2 is 1.97 bits per heavy atom. The van der Waals surface area contributed by atoms with E-state index in [1.807, 2.05) is 56.0 Å². The number of pyridine rings is 1. The van der Waals surface area contributed by atoms with E-state index >= 15 is 0 Å². The van der Waals surface area contributed by atoms with Crippen LogP contribution in [0.25, 0.3) is 11.0 Å². The van der Waals surface area contributed by atoms with Gasteiger partial charge in [0.25, 0.3) is 0 Å². The molecule has 2 atom stereocenters. The minimum absolute atomic E-state index is 0.116. The molecule has 3 aliphatic rings. The monoisotopic (exact) mass is 522 g/mol. The van der Waals surface area contributed by atoms with Crippen molar-refractivity contribution in [3.63, 3.8) is 0 Å². The van der Waals surface area contributed by atoms with Crippen molar-refractivity contribution < 1.29 is 14.3 Å². The van der Waals surface area contributed by atoms with Gasteiger partial charge in [0.15, 0.2) is 5.82 Å². The molecule has 1 N–H and O–H groups in total. The number of ether oxygens (including phenoxy) is 2. The zero-order valence-corrected chi connectivity index (χ0v) is 22.0. The summed E-state index contributed by atoms with van der Waals surface area (Å²) >= 11 is 6.36. The molecule has 0 unspecified atom stereocenters. The van der Waals surface area contributed by atoms with Crippen molar-refractivity contribution >= 4 is 46.1 Å². The van der Waals surface area contributed by atoms with E-state index in [-0.39, 0.29) is 18.2 Å². The second-order valence-corrected chi connectivity index (χ2v) is 11.5. The first kappa shape index (κ1) is 24.0. The van der Waals surface area contributed by atoms with E-state index < -0.39 is 5.60 Å². The first-order chi connectivity index (χ1) is 17.7. The number of hydrogen-bond acceptors (Lipinski definition) is 8. The molecule has 194 valence electrons. The van der Waals surface area contributed by atoms with Crippen molar-refractivity contribution in [1.82, 2.24) is 19.9 Å². The molecular formula is C27H31ClN6O3. The molecule has 2 bridgehead atoms. The summed E-state index contributed by atoms with van der Waals surface area (Å²) in [6.07, 6.45) is 4.63. The Morgan fingerprint density at radius 3 is 2.70 bits per heavy atom. The maximum absolute atomic E-state index is 12.6. The molecule has 1 aromatic carbocycles. The number of nitrogens with one attached hydrogen (secondary N) is 1. The highest BCUT2D eigenvalue weighted by Crippen LogP contribution is 2.37. The van der Waals surface area contributed by atoms with Gasteiger partial charge in [-0.1, -0.05) is 11.6 Å². The molecule has 6 rings (SSSR count). The summed E-state index contributed by atoms with van der Waals surface area (Å²) in [5.41, 5.74) is 1.74. The highest BCUT2D eigenvalue weighted by atomic mass is 35.5. The molecule has 1 amide bonds. The lowest BCUT2D eigenvalue weighted by Gasteiger charge is -2.35. The number of aromatic nitrogens is 3. The zero-order valence-electron chi connectivity index (χ0n) is 21.3. The van der Waals surface area contributed by atoms with Gasteiger partial charge in [0.2, 0.25) is 0 Å². The summed E-state index contributed by atoms with van der Waals surface area (Å²) in [4.78, 5) is 30.6. The largest absolute Gasteiger partial charge is 0.492 e. The molecule has 9 nitrogen and oxygen atoms in total. The number of carbonyl (C=O) groups excluding carboxylic acids is 1. The van der Waals surface area contributed by atoms with Crippen molar-refractivity contribution in [3.8, 4) is 5.75 Å². The van der Waals surface area contributed by atoms with Crippen LogP contribution < -0.4 is 15.0 Å². The van der Waals surface area contributed by atoms with E-state index in [1.54, 1.807) is 0 Å². The summed E-state index contributed by atoms with van der Waals surface area (Å²) in [5, 5.41) is 3.96. The lowest BCUT2D eigenvalue weighted by molar-refractivity contribution is 0.0214. The average Bonchev–Trinajstić information content (AvgIpc) is 3.46. The number of carbonyl (C=O) groups is 1. The number of nitrogens with zero attached hydrogens (tertiary/aromatic N) is 5. The molecule has 1 saturated carbocycles. The van der Waals surface area contributed by atoms with Crippen LogP contribution in [0.2, 0.25) is 5.02 Å². The first-order valence-electron chi connectivity index (χ1n) is 12.8. The number of amides is 1. The third-order valence-electron chi connectivity index (χ3n) is 7.00. The Hall–Kier alpha value is -3.33. The maximum Gasteiger partial charge on any atom is 0.410 e. The van der Waals surface area contributed by atoms with Gasteiger partial charge in [-0.05, 0) is 70.2 Å². The van der Waals surface area contributed by atoms with Crippen LogP contribution in [0.3, 0.4) is 0 Å². The van der Waals surface area contributed by atoms with E-state index in [0.717, 1.165) is 30.0 Å². The predicted octanol–water partition coefficient (Wildman–Crippen LogP) is 5.41. The van der Waals surface area contributed by atoms with Gasteiger partial charge < -0.3 is 24.6 Å². The Bertz CT molecular complexity index is 1340. The standard InChI is InChI=1S/C27H31ClN6O3/c1-27(2,3)37-26(35)34-13-18-11-19(34)12-33(18)23-9-8-21-24(32-23)25(30-15-29-21)31-17-6-7-20(28)22(10-17)36-14-16-4-5-16/h6-10,15-16,18-19H,4-5,11-14H2,1-3H3,(H,29,30,31)/t18-,19-/m0/s1. The lowest BCUT2D eigenvalue weighted by Crippen LogP contribution is -2.50. The number of piperazine rings is 1. The van der Waals surface area contributed by atoms with Gasteiger partial charge in [0, 0.05) is 24.8 Å². The smallest absolute Gasteiger partial charge is 0.410 e. The van der Waals surface area contributed by atoms with E-state index in [0.29, 0.717) is 41.2 Å². The zero-order chi connectivity index (χ0) is 25.7. The van der Waals surface area contributed by atoms with Gasteiger partial charge in [0.05, 0.1) is 29.2 Å². The van der Waals surface area contributed by atoms with Gasteiger partial charge in [-0.2, -0.15) is 0 Å².